The van der Waals surface area contributed by atoms with Crippen molar-refractivity contribution in [3.8, 4) is 11.1 Å². The van der Waals surface area contributed by atoms with Crippen molar-refractivity contribution in [2.75, 3.05) is 67.5 Å². The van der Waals surface area contributed by atoms with E-state index in [1.54, 1.807) is 17.8 Å². The molecule has 1 atom stereocenters. The van der Waals surface area contributed by atoms with Crippen molar-refractivity contribution in [2.45, 2.75) is 28.8 Å². The van der Waals surface area contributed by atoms with E-state index in [1.165, 1.54) is 39.6 Å². The van der Waals surface area contributed by atoms with Crippen molar-refractivity contribution < 1.29 is 13.3 Å². The molecule has 1 aliphatic heterocycles. The Bertz CT molecular complexity index is 2760. The number of nitrogens with zero attached hydrogens (tertiary/aromatic N) is 4. The van der Waals surface area contributed by atoms with Gasteiger partial charge in [-0.15, -0.1) is 11.8 Å². The minimum atomic E-state index is -4.18. The number of fused-ring (bicyclic) bond motifs is 2. The van der Waals surface area contributed by atoms with Crippen LogP contribution < -0.4 is 14.9 Å². The summed E-state index contributed by atoms with van der Waals surface area (Å²) in [6.45, 7) is 5.20. The third kappa shape index (κ3) is 10.2. The lowest BCUT2D eigenvalue weighted by molar-refractivity contribution is -0.384. The highest BCUT2D eigenvalue weighted by atomic mass is 32.2. The average molecular weight is 851 g/mol. The van der Waals surface area contributed by atoms with E-state index in [-0.39, 0.29) is 22.3 Å². The van der Waals surface area contributed by atoms with Gasteiger partial charge in [0, 0.05) is 66.6 Å². The number of nitrogens with one attached hydrogen (secondary N) is 2. The Labute approximate surface area is 362 Å². The summed E-state index contributed by atoms with van der Waals surface area (Å²) in [4.78, 5) is 19.7. The zero-order chi connectivity index (χ0) is 42.3. The van der Waals surface area contributed by atoms with Gasteiger partial charge in [0.25, 0.3) is 15.7 Å². The molecule has 0 radical (unpaired) electrons. The van der Waals surface area contributed by atoms with E-state index < -0.39 is 14.9 Å². The molecule has 0 spiro atoms. The number of hydrogen-bond donors (Lipinski definition) is 2. The Hall–Kier alpha value is -5.92. The summed E-state index contributed by atoms with van der Waals surface area (Å²) in [6, 6.07) is 49.4. The third-order valence-electron chi connectivity index (χ3n) is 11.3. The fourth-order valence-corrected chi connectivity index (χ4v) is 10.1. The summed E-state index contributed by atoms with van der Waals surface area (Å²) in [5.74, 6) is 0.679. The van der Waals surface area contributed by atoms with E-state index in [4.69, 9.17) is 0 Å². The number of benzene rings is 7. The second kappa shape index (κ2) is 18.8. The van der Waals surface area contributed by atoms with E-state index in [0.717, 1.165) is 73.1 Å². The first kappa shape index (κ1) is 41.8. The molecule has 1 fully saturated rings. The normalized spacial score (nSPS) is 14.0. The van der Waals surface area contributed by atoms with Crippen molar-refractivity contribution in [3.05, 3.63) is 167 Å². The second-order valence-electron chi connectivity index (χ2n) is 15.8. The fourth-order valence-electron chi connectivity index (χ4n) is 7.96. The lowest BCUT2D eigenvalue weighted by Crippen LogP contribution is -2.46. The van der Waals surface area contributed by atoms with Gasteiger partial charge < -0.3 is 15.1 Å². The Morgan fingerprint density at radius 2 is 1.48 bits per heavy atom. The van der Waals surface area contributed by atoms with Crippen LogP contribution >= 0.6 is 11.8 Å². The van der Waals surface area contributed by atoms with Crippen LogP contribution in [-0.2, 0) is 16.6 Å². The van der Waals surface area contributed by atoms with Crippen molar-refractivity contribution >= 4 is 66.1 Å². The zero-order valence-corrected chi connectivity index (χ0v) is 36.0. The quantitative estimate of drug-likeness (QED) is 0.0558. The Kier molecular flexibility index (Phi) is 12.9. The van der Waals surface area contributed by atoms with Gasteiger partial charge in [0.15, 0.2) is 0 Å². The van der Waals surface area contributed by atoms with Crippen LogP contribution in [0.15, 0.2) is 161 Å². The van der Waals surface area contributed by atoms with E-state index in [1.807, 2.05) is 68.7 Å². The summed E-state index contributed by atoms with van der Waals surface area (Å²) >= 11 is 1.67. The number of sulfonamides is 1. The van der Waals surface area contributed by atoms with Gasteiger partial charge in [0.2, 0.25) is 0 Å². The highest BCUT2D eigenvalue weighted by Crippen LogP contribution is 2.34. The van der Waals surface area contributed by atoms with E-state index in [0.29, 0.717) is 11.4 Å². The Morgan fingerprint density at radius 3 is 2.26 bits per heavy atom. The summed E-state index contributed by atoms with van der Waals surface area (Å²) in [5.41, 5.74) is 5.28. The molecule has 1 saturated heterocycles. The lowest BCUT2D eigenvalue weighted by Gasteiger charge is -2.36. The maximum Gasteiger partial charge on any atom is 0.293 e. The van der Waals surface area contributed by atoms with Crippen molar-refractivity contribution in [1.29, 1.82) is 0 Å². The molecule has 312 valence electrons. The largest absolute Gasteiger partial charge is 0.376 e. The van der Waals surface area contributed by atoms with Gasteiger partial charge in [0.1, 0.15) is 5.69 Å². The molecule has 0 amide bonds. The number of piperazine rings is 1. The fraction of sp³-hybridized carbons (Fsp3) is 0.224. The SMILES string of the molecule is CN(C)CC[C@H](CSc1ccccc1)Nc1ccc(S(=O)(=O)Nc2cccc3cc(N4CCN(Cc5ccccc5-c5ccc6ccccc6c5)CC4)ccc23)cc1[N+](=O)[O-]. The molecule has 0 aliphatic carbocycles. The van der Waals surface area contributed by atoms with Crippen LogP contribution in [0.5, 0.6) is 0 Å². The van der Waals surface area contributed by atoms with Crippen LogP contribution in [0.3, 0.4) is 0 Å². The summed E-state index contributed by atoms with van der Waals surface area (Å²) in [6.07, 6.45) is 0.743. The minimum absolute atomic E-state index is 0.0968. The van der Waals surface area contributed by atoms with Crippen molar-refractivity contribution in [3.63, 3.8) is 0 Å². The maximum absolute atomic E-state index is 13.8. The van der Waals surface area contributed by atoms with Crippen molar-refractivity contribution in [2.24, 2.45) is 0 Å². The van der Waals surface area contributed by atoms with Crippen LogP contribution in [-0.4, -0.2) is 81.8 Å². The lowest BCUT2D eigenvalue weighted by atomic mass is 9.96. The van der Waals surface area contributed by atoms with Gasteiger partial charge >= 0.3 is 0 Å². The monoisotopic (exact) mass is 850 g/mol. The minimum Gasteiger partial charge on any atom is -0.376 e. The number of nitro groups is 1. The van der Waals surface area contributed by atoms with E-state index in [2.05, 4.69) is 97.5 Å². The number of nitro benzene ring substituents is 1. The predicted octanol–water partition coefficient (Wildman–Crippen LogP) is 10.2. The topological polar surface area (TPSA) is 111 Å². The number of thioether (sulfide) groups is 1. The third-order valence-corrected chi connectivity index (χ3v) is 13.8. The molecule has 8 rings (SSSR count). The van der Waals surface area contributed by atoms with E-state index in [9.17, 15) is 18.5 Å². The maximum atomic E-state index is 13.8. The van der Waals surface area contributed by atoms with Crippen LogP contribution in [0.25, 0.3) is 32.7 Å². The second-order valence-corrected chi connectivity index (χ2v) is 18.6. The van der Waals surface area contributed by atoms with Crippen molar-refractivity contribution in [1.82, 2.24) is 9.80 Å². The first-order valence-electron chi connectivity index (χ1n) is 20.6. The van der Waals surface area contributed by atoms with Crippen LogP contribution in [0.1, 0.15) is 12.0 Å². The van der Waals surface area contributed by atoms with Crippen LogP contribution in [0.4, 0.5) is 22.7 Å². The van der Waals surface area contributed by atoms with Gasteiger partial charge in [-0.25, -0.2) is 8.42 Å². The number of anilines is 3. The first-order valence-corrected chi connectivity index (χ1v) is 23.0. The van der Waals surface area contributed by atoms with E-state index >= 15 is 0 Å². The molecule has 1 heterocycles. The van der Waals surface area contributed by atoms with Gasteiger partial charge in [-0.1, -0.05) is 97.1 Å². The molecule has 0 saturated carbocycles. The highest BCUT2D eigenvalue weighted by Gasteiger charge is 2.25. The molecular weight excluding hydrogens is 801 g/mol. The standard InChI is InChI=1S/C49H50N6O4S2/c1-52(2)26-25-41(35-60-43-15-4-3-5-16-43)50-48-24-22-44(33-49(48)55(56)57)61(58,59)51-47-18-10-14-38-32-42(21-23-46(38)47)54-29-27-53(28-30-54)34-40-13-8-9-17-45(40)39-20-19-36-11-6-7-12-37(36)31-39/h3-24,31-33,41,50-51H,25-30,34-35H2,1-2H3/t41-/m1/s1. The smallest absolute Gasteiger partial charge is 0.293 e. The average Bonchev–Trinajstić information content (AvgIpc) is 3.27. The van der Waals surface area contributed by atoms with Gasteiger partial charge in [0.05, 0.1) is 15.5 Å². The number of hydrogen-bond acceptors (Lipinski definition) is 9. The summed E-state index contributed by atoms with van der Waals surface area (Å²) in [5, 5.41) is 19.8. The van der Waals surface area contributed by atoms with Gasteiger partial charge in [-0.2, -0.15) is 0 Å². The molecule has 0 unspecified atom stereocenters. The zero-order valence-electron chi connectivity index (χ0n) is 34.4. The molecule has 7 aromatic rings. The van der Waals surface area contributed by atoms with Gasteiger partial charge in [-0.05, 0) is 108 Å². The molecular formula is C49H50N6O4S2. The molecule has 7 aromatic carbocycles. The molecule has 1 aliphatic rings. The van der Waals surface area contributed by atoms with Crippen LogP contribution in [0, 0.1) is 10.1 Å². The Balaban J connectivity index is 0.933. The Morgan fingerprint density at radius 1 is 0.738 bits per heavy atom. The molecule has 0 bridgehead atoms. The first-order chi connectivity index (χ1) is 29.6. The predicted molar refractivity (Wildman–Crippen MR) is 252 cm³/mol. The van der Waals surface area contributed by atoms with Crippen LogP contribution in [0.2, 0.25) is 0 Å². The molecule has 0 aromatic heterocycles. The molecule has 12 heteroatoms. The molecule has 2 N–H and O–H groups in total. The van der Waals surface area contributed by atoms with Gasteiger partial charge in [-0.3, -0.25) is 19.7 Å². The summed E-state index contributed by atoms with van der Waals surface area (Å²) < 4.78 is 30.4. The highest BCUT2D eigenvalue weighted by molar-refractivity contribution is 7.99. The molecule has 61 heavy (non-hydrogen) atoms. The molecule has 10 nitrogen and oxygen atoms in total. The number of rotatable bonds is 16. The summed E-state index contributed by atoms with van der Waals surface area (Å²) in [7, 11) is -0.199.